The van der Waals surface area contributed by atoms with Crippen LogP contribution in [0.15, 0.2) is 36.4 Å². The number of amides is 1. The Morgan fingerprint density at radius 1 is 1.12 bits per heavy atom. The van der Waals surface area contributed by atoms with E-state index in [-0.39, 0.29) is 0 Å². The maximum atomic E-state index is 14.0. The first kappa shape index (κ1) is 18.1. The van der Waals surface area contributed by atoms with Crippen molar-refractivity contribution in [2.45, 2.75) is 6.36 Å². The van der Waals surface area contributed by atoms with Crippen LogP contribution in [0.3, 0.4) is 0 Å². The summed E-state index contributed by atoms with van der Waals surface area (Å²) < 4.78 is 68.3. The topological polar surface area (TPSA) is 81.5 Å². The highest BCUT2D eigenvalue weighted by Crippen LogP contribution is 2.31. The number of nitro benzene ring substituents is 1. The first-order valence-corrected chi connectivity index (χ1v) is 6.38. The maximum absolute atomic E-state index is 14.0. The van der Waals surface area contributed by atoms with Gasteiger partial charge in [-0.05, 0) is 18.2 Å². The molecule has 0 radical (unpaired) electrons. The number of benzene rings is 2. The van der Waals surface area contributed by atoms with E-state index in [1.165, 1.54) is 12.1 Å². The molecule has 0 aliphatic heterocycles. The number of hydrogen-bond donors (Lipinski definition) is 1. The van der Waals surface area contributed by atoms with E-state index in [1.807, 2.05) is 5.32 Å². The van der Waals surface area contributed by atoms with Crippen LogP contribution in [0.2, 0.25) is 0 Å². The summed E-state index contributed by atoms with van der Waals surface area (Å²) >= 11 is 0. The summed E-state index contributed by atoms with van der Waals surface area (Å²) in [5, 5.41) is 12.5. The number of hydrogen-bond acceptors (Lipinski definition) is 4. The zero-order chi connectivity index (χ0) is 18.8. The van der Waals surface area contributed by atoms with Crippen molar-refractivity contribution in [2.75, 3.05) is 5.32 Å². The van der Waals surface area contributed by atoms with E-state index in [9.17, 15) is 36.9 Å². The lowest BCUT2D eigenvalue weighted by atomic mass is 10.1. The number of rotatable bonds is 4. The van der Waals surface area contributed by atoms with Gasteiger partial charge in [-0.3, -0.25) is 14.9 Å². The fourth-order valence-corrected chi connectivity index (χ4v) is 1.86. The summed E-state index contributed by atoms with van der Waals surface area (Å²) in [7, 11) is 0. The quantitative estimate of drug-likeness (QED) is 0.506. The Kier molecular flexibility index (Phi) is 4.86. The molecule has 0 saturated heterocycles. The second-order valence-electron chi connectivity index (χ2n) is 4.51. The minimum absolute atomic E-state index is 0.494. The Labute approximate surface area is 136 Å². The molecule has 2 rings (SSSR count). The highest BCUT2D eigenvalue weighted by Gasteiger charge is 2.33. The van der Waals surface area contributed by atoms with Gasteiger partial charge in [-0.15, -0.1) is 13.2 Å². The Hall–Kier alpha value is -3.24. The molecule has 0 unspecified atom stereocenters. The van der Waals surface area contributed by atoms with Crippen LogP contribution in [0.25, 0.3) is 0 Å². The minimum atomic E-state index is -5.07. The van der Waals surface area contributed by atoms with Crippen LogP contribution in [-0.2, 0) is 0 Å². The molecule has 0 atom stereocenters. The van der Waals surface area contributed by atoms with Gasteiger partial charge in [-0.25, -0.2) is 4.39 Å². The third-order valence-electron chi connectivity index (χ3n) is 2.86. The lowest BCUT2D eigenvalue weighted by molar-refractivity contribution is -0.387. The van der Waals surface area contributed by atoms with E-state index in [4.69, 9.17) is 0 Å². The SMILES string of the molecule is O=C(Nc1ccccc1OC(F)(F)F)c1c(F)ccc([N+](=O)[O-])c1F. The maximum Gasteiger partial charge on any atom is 0.573 e. The van der Waals surface area contributed by atoms with E-state index in [0.29, 0.717) is 12.1 Å². The lowest BCUT2D eigenvalue weighted by Crippen LogP contribution is -2.20. The average Bonchev–Trinajstić information content (AvgIpc) is 2.47. The van der Waals surface area contributed by atoms with Gasteiger partial charge in [0.05, 0.1) is 10.6 Å². The normalized spacial score (nSPS) is 11.1. The van der Waals surface area contributed by atoms with Crippen LogP contribution in [-0.4, -0.2) is 17.2 Å². The van der Waals surface area contributed by atoms with E-state index in [1.54, 1.807) is 0 Å². The first-order chi connectivity index (χ1) is 11.6. The first-order valence-electron chi connectivity index (χ1n) is 6.38. The van der Waals surface area contributed by atoms with E-state index in [2.05, 4.69) is 4.74 Å². The Morgan fingerprint density at radius 2 is 1.76 bits per heavy atom. The zero-order valence-corrected chi connectivity index (χ0v) is 11.9. The molecular formula is C14H7F5N2O4. The summed E-state index contributed by atoms with van der Waals surface area (Å²) in [6.45, 7) is 0. The van der Waals surface area contributed by atoms with Crippen LogP contribution in [0, 0.1) is 21.7 Å². The van der Waals surface area contributed by atoms with Crippen molar-refractivity contribution in [1.29, 1.82) is 0 Å². The van der Waals surface area contributed by atoms with Gasteiger partial charge in [-0.1, -0.05) is 12.1 Å². The molecule has 0 saturated carbocycles. The number of ether oxygens (including phenoxy) is 1. The zero-order valence-electron chi connectivity index (χ0n) is 11.9. The van der Waals surface area contributed by atoms with E-state index >= 15 is 0 Å². The van der Waals surface area contributed by atoms with Crippen molar-refractivity contribution in [3.05, 3.63) is 63.7 Å². The predicted octanol–water partition coefficient (Wildman–Crippen LogP) is 4.02. The van der Waals surface area contributed by atoms with Crippen molar-refractivity contribution < 1.29 is 36.4 Å². The van der Waals surface area contributed by atoms with Crippen molar-refractivity contribution in [2.24, 2.45) is 0 Å². The number of halogens is 5. The summed E-state index contributed by atoms with van der Waals surface area (Å²) in [6, 6.07) is 5.27. The van der Waals surface area contributed by atoms with E-state index < -0.39 is 51.5 Å². The number of alkyl halides is 3. The highest BCUT2D eigenvalue weighted by atomic mass is 19.4. The molecule has 1 amide bonds. The molecular weight excluding hydrogens is 355 g/mol. The number of carbonyl (C=O) groups is 1. The average molecular weight is 362 g/mol. The van der Waals surface area contributed by atoms with Crippen LogP contribution < -0.4 is 10.1 Å². The standard InChI is InChI=1S/C14H7F5N2O4/c15-7-5-6-9(21(23)24)12(16)11(7)13(22)20-8-3-1-2-4-10(8)25-14(17,18)19/h1-6H,(H,20,22). The lowest BCUT2D eigenvalue weighted by Gasteiger charge is -2.14. The molecule has 6 nitrogen and oxygen atoms in total. The summed E-state index contributed by atoms with van der Waals surface area (Å²) in [4.78, 5) is 21.5. The van der Waals surface area contributed by atoms with Crippen molar-refractivity contribution in [3.8, 4) is 5.75 Å². The van der Waals surface area contributed by atoms with Gasteiger partial charge in [-0.2, -0.15) is 4.39 Å². The number of nitrogens with one attached hydrogen (secondary N) is 1. The Balaban J connectivity index is 2.39. The second-order valence-corrected chi connectivity index (χ2v) is 4.51. The molecule has 0 bridgehead atoms. The highest BCUT2D eigenvalue weighted by molar-refractivity contribution is 6.05. The van der Waals surface area contributed by atoms with Crippen molar-refractivity contribution in [1.82, 2.24) is 0 Å². The fraction of sp³-hybridized carbons (Fsp3) is 0.0714. The largest absolute Gasteiger partial charge is 0.573 e. The fourth-order valence-electron chi connectivity index (χ4n) is 1.86. The van der Waals surface area contributed by atoms with Crippen molar-refractivity contribution >= 4 is 17.3 Å². The number of para-hydroxylation sites is 2. The molecule has 132 valence electrons. The van der Waals surface area contributed by atoms with Gasteiger partial charge in [0.1, 0.15) is 11.4 Å². The predicted molar refractivity (Wildman–Crippen MR) is 74.1 cm³/mol. The minimum Gasteiger partial charge on any atom is -0.404 e. The van der Waals surface area contributed by atoms with Gasteiger partial charge < -0.3 is 10.1 Å². The van der Waals surface area contributed by atoms with Crippen LogP contribution >= 0.6 is 0 Å². The van der Waals surface area contributed by atoms with Gasteiger partial charge in [0.15, 0.2) is 5.75 Å². The molecule has 0 fully saturated rings. The molecule has 1 N–H and O–H groups in total. The van der Waals surface area contributed by atoms with Gasteiger partial charge in [0, 0.05) is 6.07 Å². The Bertz CT molecular complexity index is 838. The molecule has 25 heavy (non-hydrogen) atoms. The van der Waals surface area contributed by atoms with Crippen LogP contribution in [0.4, 0.5) is 33.3 Å². The third-order valence-corrected chi connectivity index (χ3v) is 2.86. The molecule has 2 aromatic carbocycles. The van der Waals surface area contributed by atoms with Gasteiger partial charge in [0.25, 0.3) is 5.91 Å². The number of anilines is 1. The monoisotopic (exact) mass is 362 g/mol. The van der Waals surface area contributed by atoms with Gasteiger partial charge in [0.2, 0.25) is 5.82 Å². The molecule has 0 aliphatic carbocycles. The molecule has 0 aliphatic rings. The van der Waals surface area contributed by atoms with Crippen LogP contribution in [0.1, 0.15) is 10.4 Å². The van der Waals surface area contributed by atoms with Crippen LogP contribution in [0.5, 0.6) is 5.75 Å². The molecule has 2 aromatic rings. The number of nitrogens with zero attached hydrogens (tertiary/aromatic N) is 1. The van der Waals surface area contributed by atoms with Crippen molar-refractivity contribution in [3.63, 3.8) is 0 Å². The molecule has 11 heteroatoms. The molecule has 0 aromatic heterocycles. The summed E-state index contributed by atoms with van der Waals surface area (Å²) in [5.74, 6) is -5.52. The Morgan fingerprint density at radius 3 is 2.36 bits per heavy atom. The molecule has 0 spiro atoms. The number of nitro groups is 1. The summed E-state index contributed by atoms with van der Waals surface area (Å²) in [6.07, 6.45) is -5.07. The number of carbonyl (C=O) groups excluding carboxylic acids is 1. The third kappa shape index (κ3) is 4.19. The van der Waals surface area contributed by atoms with Gasteiger partial charge >= 0.3 is 12.0 Å². The molecule has 0 heterocycles. The summed E-state index contributed by atoms with van der Waals surface area (Å²) in [5.41, 5.74) is -3.00. The second kappa shape index (κ2) is 6.71. The van der Waals surface area contributed by atoms with E-state index in [0.717, 1.165) is 12.1 Å². The smallest absolute Gasteiger partial charge is 0.404 e.